The molecular weight excluding hydrogens is 306 g/mol. The van der Waals surface area contributed by atoms with Crippen LogP contribution in [0.3, 0.4) is 0 Å². The molecule has 3 heterocycles. The summed E-state index contributed by atoms with van der Waals surface area (Å²) >= 11 is 5.43. The van der Waals surface area contributed by atoms with Crippen molar-refractivity contribution >= 4 is 17.2 Å². The third-order valence-corrected chi connectivity index (χ3v) is 4.48. The maximum Gasteiger partial charge on any atom is 0.115 e. The molecule has 3 aromatic rings. The molecule has 2 aromatic heterocycles. The zero-order chi connectivity index (χ0) is 15.9. The van der Waals surface area contributed by atoms with E-state index in [1.54, 1.807) is 0 Å². The quantitative estimate of drug-likeness (QED) is 0.735. The Labute approximate surface area is 139 Å². The van der Waals surface area contributed by atoms with Crippen LogP contribution < -0.4 is 5.32 Å². The van der Waals surface area contributed by atoms with Gasteiger partial charge in [0.2, 0.25) is 0 Å². The molecule has 0 amide bonds. The van der Waals surface area contributed by atoms with Crippen molar-refractivity contribution in [2.75, 3.05) is 0 Å². The first kappa shape index (κ1) is 14.0. The van der Waals surface area contributed by atoms with Gasteiger partial charge >= 0.3 is 0 Å². The Hall–Kier alpha value is -2.60. The van der Waals surface area contributed by atoms with Crippen LogP contribution in [0.1, 0.15) is 18.2 Å². The second kappa shape index (κ2) is 5.24. The van der Waals surface area contributed by atoms with Crippen molar-refractivity contribution in [3.63, 3.8) is 0 Å². The highest BCUT2D eigenvalue weighted by atomic mass is 32.1. The molecule has 4 rings (SSSR count). The van der Waals surface area contributed by atoms with Crippen LogP contribution in [0.2, 0.25) is 0 Å². The summed E-state index contributed by atoms with van der Waals surface area (Å²) in [6, 6.07) is 10.4. The molecule has 5 nitrogen and oxygen atoms in total. The van der Waals surface area contributed by atoms with Gasteiger partial charge in [0.05, 0.1) is 17.2 Å². The van der Waals surface area contributed by atoms with Crippen molar-refractivity contribution < 1.29 is 0 Å². The van der Waals surface area contributed by atoms with Crippen LogP contribution in [0, 0.1) is 0 Å². The molecule has 1 aliphatic heterocycles. The predicted octanol–water partition coefficient (Wildman–Crippen LogP) is 2.53. The minimum atomic E-state index is -0.405. The molecule has 1 unspecified atom stereocenters. The van der Waals surface area contributed by atoms with Gasteiger partial charge in [0.25, 0.3) is 0 Å². The molecule has 0 saturated carbocycles. The highest BCUT2D eigenvalue weighted by Crippen LogP contribution is 2.33. The van der Waals surface area contributed by atoms with Crippen molar-refractivity contribution in [3.05, 3.63) is 66.5 Å². The van der Waals surface area contributed by atoms with E-state index in [0.717, 1.165) is 27.4 Å². The summed E-state index contributed by atoms with van der Waals surface area (Å²) < 4.78 is 1.96. The van der Waals surface area contributed by atoms with E-state index >= 15 is 0 Å². The monoisotopic (exact) mass is 321 g/mol. The maximum atomic E-state index is 5.43. The van der Waals surface area contributed by atoms with Crippen LogP contribution in [-0.4, -0.2) is 24.7 Å². The third-order valence-electron chi connectivity index (χ3n) is 4.25. The topological polar surface area (TPSA) is 55.6 Å². The number of rotatable bonds is 2. The van der Waals surface area contributed by atoms with Gasteiger partial charge in [-0.3, -0.25) is 4.68 Å². The standard InChI is InChI=1S/C17H15N5S/c1-17(15-5-6-20-22(15)10-16(23)21-17)14-4-2-3-12(7-14)13-8-18-11-19-9-13/h2-9,11H,10H2,1H3,(H,21,23). The molecule has 1 aliphatic rings. The molecule has 0 bridgehead atoms. The molecule has 0 fully saturated rings. The molecule has 6 heteroatoms. The van der Waals surface area contributed by atoms with E-state index in [1.807, 2.05) is 35.4 Å². The Morgan fingerprint density at radius 2 is 2.00 bits per heavy atom. The van der Waals surface area contributed by atoms with Gasteiger partial charge in [-0.05, 0) is 30.2 Å². The van der Waals surface area contributed by atoms with E-state index < -0.39 is 5.54 Å². The van der Waals surface area contributed by atoms with E-state index in [2.05, 4.69) is 45.5 Å². The van der Waals surface area contributed by atoms with Crippen LogP contribution in [0.4, 0.5) is 0 Å². The third kappa shape index (κ3) is 2.31. The smallest absolute Gasteiger partial charge is 0.115 e. The molecule has 1 aromatic carbocycles. The van der Waals surface area contributed by atoms with Crippen LogP contribution in [0.25, 0.3) is 11.1 Å². The van der Waals surface area contributed by atoms with Gasteiger partial charge in [-0.2, -0.15) is 5.10 Å². The van der Waals surface area contributed by atoms with Gasteiger partial charge in [-0.15, -0.1) is 0 Å². The molecule has 0 saturated heterocycles. The zero-order valence-electron chi connectivity index (χ0n) is 12.6. The number of aromatic nitrogens is 4. The summed E-state index contributed by atoms with van der Waals surface area (Å²) in [7, 11) is 0. The fourth-order valence-electron chi connectivity index (χ4n) is 3.08. The SMILES string of the molecule is CC1(c2cccc(-c3cncnc3)c2)NC(=S)Cn2nccc21. The first-order valence-electron chi connectivity index (χ1n) is 7.36. The lowest BCUT2D eigenvalue weighted by atomic mass is 9.85. The summed E-state index contributed by atoms with van der Waals surface area (Å²) in [5.41, 5.74) is 3.89. The Morgan fingerprint density at radius 1 is 1.17 bits per heavy atom. The molecule has 1 N–H and O–H groups in total. The second-order valence-corrected chi connectivity index (χ2v) is 6.25. The van der Waals surface area contributed by atoms with Crippen LogP contribution in [0.5, 0.6) is 0 Å². The highest BCUT2D eigenvalue weighted by Gasteiger charge is 2.36. The van der Waals surface area contributed by atoms with Gasteiger partial charge < -0.3 is 5.32 Å². The van der Waals surface area contributed by atoms with Crippen molar-refractivity contribution in [2.45, 2.75) is 19.0 Å². The molecule has 0 aliphatic carbocycles. The number of nitrogens with zero attached hydrogens (tertiary/aromatic N) is 4. The van der Waals surface area contributed by atoms with Gasteiger partial charge in [0.15, 0.2) is 0 Å². The predicted molar refractivity (Wildman–Crippen MR) is 91.9 cm³/mol. The lowest BCUT2D eigenvalue weighted by Crippen LogP contribution is -2.50. The van der Waals surface area contributed by atoms with Gasteiger partial charge in [0.1, 0.15) is 11.9 Å². The largest absolute Gasteiger partial charge is 0.363 e. The van der Waals surface area contributed by atoms with Gasteiger partial charge in [-0.25, -0.2) is 9.97 Å². The second-order valence-electron chi connectivity index (χ2n) is 5.76. The number of hydrogen-bond acceptors (Lipinski definition) is 4. The van der Waals surface area contributed by atoms with Gasteiger partial charge in [-0.1, -0.05) is 30.4 Å². The van der Waals surface area contributed by atoms with Crippen molar-refractivity contribution in [1.82, 2.24) is 25.1 Å². The number of nitrogens with one attached hydrogen (secondary N) is 1. The Kier molecular flexibility index (Phi) is 3.20. The maximum absolute atomic E-state index is 5.43. The average molecular weight is 321 g/mol. The number of fused-ring (bicyclic) bond motifs is 1. The van der Waals surface area contributed by atoms with E-state index in [1.165, 1.54) is 6.33 Å². The van der Waals surface area contributed by atoms with Crippen molar-refractivity contribution in [3.8, 4) is 11.1 Å². The van der Waals surface area contributed by atoms with Crippen LogP contribution >= 0.6 is 12.2 Å². The normalized spacial score (nSPS) is 20.0. The number of hydrogen-bond donors (Lipinski definition) is 1. The minimum absolute atomic E-state index is 0.405. The van der Waals surface area contributed by atoms with E-state index in [9.17, 15) is 0 Å². The lowest BCUT2D eigenvalue weighted by Gasteiger charge is -2.37. The highest BCUT2D eigenvalue weighted by molar-refractivity contribution is 7.80. The summed E-state index contributed by atoms with van der Waals surface area (Å²) in [4.78, 5) is 8.99. The number of benzene rings is 1. The van der Waals surface area contributed by atoms with Crippen molar-refractivity contribution in [1.29, 1.82) is 0 Å². The molecule has 23 heavy (non-hydrogen) atoms. The molecular formula is C17H15N5S. The van der Waals surface area contributed by atoms with Crippen LogP contribution in [0.15, 0.2) is 55.2 Å². The fraction of sp³-hybridized carbons (Fsp3) is 0.176. The Bertz CT molecular complexity index is 873. The van der Waals surface area contributed by atoms with Crippen molar-refractivity contribution in [2.24, 2.45) is 0 Å². The van der Waals surface area contributed by atoms with E-state index in [0.29, 0.717) is 6.54 Å². The molecule has 0 spiro atoms. The molecule has 1 atom stereocenters. The summed E-state index contributed by atoms with van der Waals surface area (Å²) in [6.45, 7) is 2.76. The molecule has 114 valence electrons. The first-order valence-corrected chi connectivity index (χ1v) is 7.77. The zero-order valence-corrected chi connectivity index (χ0v) is 13.4. The Morgan fingerprint density at radius 3 is 2.83 bits per heavy atom. The summed E-state index contributed by atoms with van der Waals surface area (Å²) in [6.07, 6.45) is 6.99. The van der Waals surface area contributed by atoms with E-state index in [-0.39, 0.29) is 0 Å². The minimum Gasteiger partial charge on any atom is -0.363 e. The van der Waals surface area contributed by atoms with Crippen LogP contribution in [-0.2, 0) is 12.1 Å². The van der Waals surface area contributed by atoms with E-state index in [4.69, 9.17) is 12.2 Å². The molecule has 0 radical (unpaired) electrons. The average Bonchev–Trinajstić information content (AvgIpc) is 3.05. The lowest BCUT2D eigenvalue weighted by molar-refractivity contribution is 0.441. The summed E-state index contributed by atoms with van der Waals surface area (Å²) in [5.74, 6) is 0. The Balaban J connectivity index is 1.84. The summed E-state index contributed by atoms with van der Waals surface area (Å²) in [5, 5.41) is 7.85. The first-order chi connectivity index (χ1) is 11.2. The number of thiocarbonyl (C=S) groups is 1. The fourth-order valence-corrected chi connectivity index (χ4v) is 3.41. The van der Waals surface area contributed by atoms with Gasteiger partial charge in [0, 0.05) is 24.2 Å².